The number of aryl methyl sites for hydroxylation is 1. The molecule has 1 aliphatic heterocycles. The van der Waals surface area contributed by atoms with Gasteiger partial charge in [-0.25, -0.2) is 0 Å². The van der Waals surface area contributed by atoms with Gasteiger partial charge in [0.05, 0.1) is 7.11 Å². The zero-order chi connectivity index (χ0) is 22.2. The summed E-state index contributed by atoms with van der Waals surface area (Å²) >= 11 is 0. The van der Waals surface area contributed by atoms with Crippen LogP contribution < -0.4 is 15.0 Å². The second kappa shape index (κ2) is 10.5. The minimum Gasteiger partial charge on any atom is -0.497 e. The molecule has 8 heteroatoms. The van der Waals surface area contributed by atoms with Gasteiger partial charge in [-0.05, 0) is 43.3 Å². The fourth-order valence-corrected chi connectivity index (χ4v) is 3.33. The summed E-state index contributed by atoms with van der Waals surface area (Å²) in [6, 6.07) is 14.8. The lowest BCUT2D eigenvalue weighted by atomic mass is 10.1. The number of anilines is 1. The van der Waals surface area contributed by atoms with Crippen LogP contribution in [-0.4, -0.2) is 69.1 Å². The maximum atomic E-state index is 12.4. The Kier molecular flexibility index (Phi) is 7.48. The highest BCUT2D eigenvalue weighted by molar-refractivity contribution is 5.96. The summed E-state index contributed by atoms with van der Waals surface area (Å²) in [7, 11) is 1.63. The van der Waals surface area contributed by atoms with E-state index in [2.05, 4.69) is 10.2 Å². The molecule has 2 aromatic carbocycles. The molecule has 2 amide bonds. The van der Waals surface area contributed by atoms with Gasteiger partial charge in [-0.15, -0.1) is 0 Å². The molecule has 1 heterocycles. The number of amides is 2. The van der Waals surface area contributed by atoms with Gasteiger partial charge < -0.3 is 24.6 Å². The number of benzene rings is 2. The van der Waals surface area contributed by atoms with E-state index in [0.29, 0.717) is 31.7 Å². The van der Waals surface area contributed by atoms with E-state index in [-0.39, 0.29) is 25.0 Å². The van der Waals surface area contributed by atoms with Crippen LogP contribution in [-0.2, 0) is 14.3 Å². The number of ether oxygens (including phenoxy) is 2. The van der Waals surface area contributed by atoms with Crippen LogP contribution in [0.5, 0.6) is 5.75 Å². The number of rotatable bonds is 7. The molecule has 1 N–H and O–H groups in total. The number of hydrogen-bond acceptors (Lipinski definition) is 6. The molecule has 31 heavy (non-hydrogen) atoms. The van der Waals surface area contributed by atoms with Crippen molar-refractivity contribution in [1.29, 1.82) is 0 Å². The molecular formula is C23H27N3O5. The molecule has 0 atom stereocenters. The highest BCUT2D eigenvalue weighted by Gasteiger charge is 2.22. The van der Waals surface area contributed by atoms with E-state index in [1.807, 2.05) is 37.3 Å². The Morgan fingerprint density at radius 2 is 1.71 bits per heavy atom. The van der Waals surface area contributed by atoms with Gasteiger partial charge in [0.25, 0.3) is 11.8 Å². The Morgan fingerprint density at radius 1 is 1.00 bits per heavy atom. The molecule has 0 aromatic heterocycles. The molecule has 3 rings (SSSR count). The standard InChI is InChI=1S/C23H27N3O5/c1-17-4-3-5-18(14-17)23(29)24-15-22(28)31-16-21(27)26-12-10-25(11-13-26)19-6-8-20(30-2)9-7-19/h3-9,14H,10-13,15-16H2,1-2H3,(H,24,29). The number of nitrogens with one attached hydrogen (secondary N) is 1. The maximum absolute atomic E-state index is 12.4. The Hall–Kier alpha value is -3.55. The molecule has 8 nitrogen and oxygen atoms in total. The molecule has 0 aliphatic carbocycles. The van der Waals surface area contributed by atoms with Gasteiger partial charge in [0.15, 0.2) is 6.61 Å². The van der Waals surface area contributed by atoms with E-state index in [1.54, 1.807) is 30.2 Å². The maximum Gasteiger partial charge on any atom is 0.325 e. The van der Waals surface area contributed by atoms with Crippen LogP contribution in [0.2, 0.25) is 0 Å². The van der Waals surface area contributed by atoms with Crippen LogP contribution in [0, 0.1) is 6.92 Å². The molecule has 164 valence electrons. The number of carbonyl (C=O) groups excluding carboxylic acids is 3. The lowest BCUT2D eigenvalue weighted by Gasteiger charge is -2.36. The number of methoxy groups -OCH3 is 1. The van der Waals surface area contributed by atoms with Gasteiger partial charge in [-0.2, -0.15) is 0 Å². The molecule has 1 fully saturated rings. The SMILES string of the molecule is COc1ccc(N2CCN(C(=O)COC(=O)CNC(=O)c3cccc(C)c3)CC2)cc1. The second-order valence-corrected chi connectivity index (χ2v) is 7.28. The second-order valence-electron chi connectivity index (χ2n) is 7.28. The summed E-state index contributed by atoms with van der Waals surface area (Å²) < 4.78 is 10.2. The van der Waals surface area contributed by atoms with E-state index in [1.165, 1.54) is 0 Å². The molecule has 1 aliphatic rings. The molecule has 0 bridgehead atoms. The molecule has 0 unspecified atom stereocenters. The first-order valence-corrected chi connectivity index (χ1v) is 10.1. The molecule has 2 aromatic rings. The Morgan fingerprint density at radius 3 is 2.35 bits per heavy atom. The van der Waals surface area contributed by atoms with Crippen LogP contribution in [0.25, 0.3) is 0 Å². The molecule has 0 spiro atoms. The Balaban J connectivity index is 1.37. The highest BCUT2D eigenvalue weighted by atomic mass is 16.5. The third-order valence-corrected chi connectivity index (χ3v) is 5.10. The van der Waals surface area contributed by atoms with E-state index >= 15 is 0 Å². The van der Waals surface area contributed by atoms with E-state index in [4.69, 9.17) is 9.47 Å². The summed E-state index contributed by atoms with van der Waals surface area (Å²) in [6.07, 6.45) is 0. The van der Waals surface area contributed by atoms with Crippen LogP contribution in [0.4, 0.5) is 5.69 Å². The Labute approximate surface area is 181 Å². The van der Waals surface area contributed by atoms with Crippen LogP contribution in [0.1, 0.15) is 15.9 Å². The van der Waals surface area contributed by atoms with E-state index < -0.39 is 5.97 Å². The van der Waals surface area contributed by atoms with Gasteiger partial charge >= 0.3 is 5.97 Å². The topological polar surface area (TPSA) is 88.2 Å². The quantitative estimate of drug-likeness (QED) is 0.679. The zero-order valence-corrected chi connectivity index (χ0v) is 17.8. The highest BCUT2D eigenvalue weighted by Crippen LogP contribution is 2.20. The number of hydrogen-bond donors (Lipinski definition) is 1. The van der Waals surface area contributed by atoms with Crippen molar-refractivity contribution in [3.05, 3.63) is 59.7 Å². The molecular weight excluding hydrogens is 398 g/mol. The first-order valence-electron chi connectivity index (χ1n) is 10.1. The average Bonchev–Trinajstić information content (AvgIpc) is 2.81. The van der Waals surface area contributed by atoms with Crippen molar-refractivity contribution in [3.8, 4) is 5.75 Å². The minimum atomic E-state index is -0.647. The predicted octanol–water partition coefficient (Wildman–Crippen LogP) is 1.63. The van der Waals surface area contributed by atoms with E-state index in [0.717, 1.165) is 17.0 Å². The smallest absolute Gasteiger partial charge is 0.325 e. The molecule has 0 radical (unpaired) electrons. The van der Waals surface area contributed by atoms with Crippen molar-refractivity contribution in [1.82, 2.24) is 10.2 Å². The number of esters is 1. The van der Waals surface area contributed by atoms with Crippen LogP contribution in [0.3, 0.4) is 0 Å². The van der Waals surface area contributed by atoms with Gasteiger partial charge in [-0.3, -0.25) is 14.4 Å². The lowest BCUT2D eigenvalue weighted by Crippen LogP contribution is -2.50. The van der Waals surface area contributed by atoms with Gasteiger partial charge in [0.2, 0.25) is 0 Å². The minimum absolute atomic E-state index is 0.243. The van der Waals surface area contributed by atoms with Gasteiger partial charge in [-0.1, -0.05) is 17.7 Å². The summed E-state index contributed by atoms with van der Waals surface area (Å²) in [6.45, 7) is 3.75. The largest absolute Gasteiger partial charge is 0.497 e. The summed E-state index contributed by atoms with van der Waals surface area (Å²) in [5.74, 6) is -0.449. The average molecular weight is 425 g/mol. The third-order valence-electron chi connectivity index (χ3n) is 5.10. The van der Waals surface area contributed by atoms with Crippen molar-refractivity contribution < 1.29 is 23.9 Å². The lowest BCUT2D eigenvalue weighted by molar-refractivity contribution is -0.151. The number of carbonyl (C=O) groups is 3. The zero-order valence-electron chi connectivity index (χ0n) is 17.8. The molecule has 0 saturated carbocycles. The van der Waals surface area contributed by atoms with E-state index in [9.17, 15) is 14.4 Å². The first kappa shape index (κ1) is 22.1. The number of piperazine rings is 1. The van der Waals surface area contributed by atoms with Crippen molar-refractivity contribution in [2.45, 2.75) is 6.92 Å². The third kappa shape index (κ3) is 6.21. The normalized spacial score (nSPS) is 13.5. The molecule has 1 saturated heterocycles. The van der Waals surface area contributed by atoms with Crippen LogP contribution in [0.15, 0.2) is 48.5 Å². The van der Waals surface area contributed by atoms with Gasteiger partial charge in [0.1, 0.15) is 12.3 Å². The van der Waals surface area contributed by atoms with Crippen molar-refractivity contribution in [3.63, 3.8) is 0 Å². The summed E-state index contributed by atoms with van der Waals surface area (Å²) in [5.41, 5.74) is 2.50. The van der Waals surface area contributed by atoms with Crippen molar-refractivity contribution in [2.75, 3.05) is 51.3 Å². The number of nitrogens with zero attached hydrogens (tertiary/aromatic N) is 2. The van der Waals surface area contributed by atoms with Gasteiger partial charge in [0, 0.05) is 37.4 Å². The summed E-state index contributed by atoms with van der Waals surface area (Å²) in [5, 5.41) is 2.51. The monoisotopic (exact) mass is 425 g/mol. The fraction of sp³-hybridized carbons (Fsp3) is 0.348. The Bertz CT molecular complexity index is 921. The van der Waals surface area contributed by atoms with Crippen molar-refractivity contribution >= 4 is 23.5 Å². The summed E-state index contributed by atoms with van der Waals surface area (Å²) in [4.78, 5) is 40.2. The fourth-order valence-electron chi connectivity index (χ4n) is 3.33. The van der Waals surface area contributed by atoms with Crippen LogP contribution >= 0.6 is 0 Å². The predicted molar refractivity (Wildman–Crippen MR) is 116 cm³/mol. The van der Waals surface area contributed by atoms with Crippen molar-refractivity contribution in [2.24, 2.45) is 0 Å². The first-order chi connectivity index (χ1) is 15.0.